The summed E-state index contributed by atoms with van der Waals surface area (Å²) in [7, 11) is 2.94. The molecule has 6 nitrogen and oxygen atoms in total. The first-order chi connectivity index (χ1) is 22.8. The molecule has 2 aliphatic rings. The van der Waals surface area contributed by atoms with Gasteiger partial charge in [-0.25, -0.2) is 0 Å². The minimum atomic E-state index is -1.40. The maximum Gasteiger partial charge on any atom is 0.260 e. The van der Waals surface area contributed by atoms with Crippen molar-refractivity contribution in [2.24, 2.45) is 0 Å². The maximum absolute atomic E-state index is 13.6. The number of Topliss-reactive ketones (excluding diaryl/α,β-unsaturated/α-hetero) is 1. The van der Waals surface area contributed by atoms with Gasteiger partial charge in [-0.15, -0.1) is 0 Å². The summed E-state index contributed by atoms with van der Waals surface area (Å²) in [6.07, 6.45) is 8.98. The molecule has 0 saturated heterocycles. The monoisotopic (exact) mass is 634 g/mol. The van der Waals surface area contributed by atoms with Gasteiger partial charge in [0.2, 0.25) is 5.78 Å². The van der Waals surface area contributed by atoms with Gasteiger partial charge >= 0.3 is 0 Å². The highest BCUT2D eigenvalue weighted by Gasteiger charge is 2.41. The van der Waals surface area contributed by atoms with Gasteiger partial charge in [-0.2, -0.15) is 0 Å². The van der Waals surface area contributed by atoms with Crippen LogP contribution in [-0.2, 0) is 26.5 Å². The zero-order valence-corrected chi connectivity index (χ0v) is 27.5. The molecule has 246 valence electrons. The number of benzene rings is 4. The summed E-state index contributed by atoms with van der Waals surface area (Å²) in [6.45, 7) is 0. The normalized spacial score (nSPS) is 17.2. The van der Waals surface area contributed by atoms with Gasteiger partial charge in [-0.05, 0) is 36.8 Å². The Hall–Kier alpha value is -3.94. The van der Waals surface area contributed by atoms with Gasteiger partial charge in [0.25, 0.3) is 5.79 Å². The van der Waals surface area contributed by atoms with E-state index in [1.54, 1.807) is 12.1 Å². The topological polar surface area (TPSA) is 93.1 Å². The molecule has 0 spiro atoms. The average Bonchev–Trinajstić information content (AvgIpc) is 3.14. The van der Waals surface area contributed by atoms with E-state index in [1.165, 1.54) is 14.2 Å². The summed E-state index contributed by atoms with van der Waals surface area (Å²) in [5.74, 6) is -1.71. The van der Waals surface area contributed by atoms with E-state index in [4.69, 9.17) is 9.47 Å². The van der Waals surface area contributed by atoms with Crippen LogP contribution < -0.4 is 0 Å². The number of carbonyl (C=O) groups excluding carboxylic acids is 2. The number of hydrogen-bond acceptors (Lipinski definition) is 6. The Labute approximate surface area is 278 Å². The van der Waals surface area contributed by atoms with Crippen LogP contribution in [0.5, 0.6) is 0 Å². The Morgan fingerprint density at radius 1 is 0.553 bits per heavy atom. The first-order valence-corrected chi connectivity index (χ1v) is 16.7. The van der Waals surface area contributed by atoms with E-state index in [-0.39, 0.29) is 11.6 Å². The van der Waals surface area contributed by atoms with E-state index in [9.17, 15) is 19.8 Å². The molecule has 2 fully saturated rings. The third-order valence-corrected chi connectivity index (χ3v) is 9.77. The minimum Gasteiger partial charge on any atom is -0.385 e. The van der Waals surface area contributed by atoms with E-state index in [1.807, 2.05) is 97.1 Å². The van der Waals surface area contributed by atoms with Crippen molar-refractivity contribution < 1.29 is 29.3 Å². The summed E-state index contributed by atoms with van der Waals surface area (Å²) in [5, 5.41) is 22.6. The SMILES string of the molecule is COC(OC)(C(=O)c1ccccc1)c1ccccc1.O=C(c1ccccc1C1(O)CCCCC1)c1ccccc1C1(O)CCCCC1. The average molecular weight is 635 g/mol. The van der Waals surface area contributed by atoms with Crippen molar-refractivity contribution in [3.8, 4) is 0 Å². The lowest BCUT2D eigenvalue weighted by atomic mass is 9.74. The fourth-order valence-corrected chi connectivity index (χ4v) is 7.20. The van der Waals surface area contributed by atoms with Crippen molar-refractivity contribution in [2.75, 3.05) is 14.2 Å². The maximum atomic E-state index is 13.6. The number of hydrogen-bond donors (Lipinski definition) is 2. The van der Waals surface area contributed by atoms with Crippen molar-refractivity contribution in [1.82, 2.24) is 0 Å². The second-order valence-electron chi connectivity index (χ2n) is 12.7. The molecule has 0 heterocycles. The molecule has 2 saturated carbocycles. The molecule has 0 aromatic heterocycles. The fraction of sp³-hybridized carbons (Fsp3) is 0.366. The lowest BCUT2D eigenvalue weighted by molar-refractivity contribution is -0.176. The van der Waals surface area contributed by atoms with E-state index >= 15 is 0 Å². The molecule has 0 aliphatic heterocycles. The van der Waals surface area contributed by atoms with Gasteiger partial charge in [-0.3, -0.25) is 9.59 Å². The second-order valence-corrected chi connectivity index (χ2v) is 12.7. The van der Waals surface area contributed by atoms with Crippen molar-refractivity contribution in [3.63, 3.8) is 0 Å². The summed E-state index contributed by atoms with van der Waals surface area (Å²) >= 11 is 0. The van der Waals surface area contributed by atoms with Gasteiger partial charge in [0.1, 0.15) is 0 Å². The lowest BCUT2D eigenvalue weighted by Crippen LogP contribution is -2.39. The zero-order valence-electron chi connectivity index (χ0n) is 27.5. The first kappa shape index (κ1) is 34.4. The zero-order chi connectivity index (χ0) is 33.3. The second kappa shape index (κ2) is 15.3. The first-order valence-electron chi connectivity index (χ1n) is 16.7. The molecular weight excluding hydrogens is 588 g/mol. The van der Waals surface area contributed by atoms with Crippen LogP contribution in [0.4, 0.5) is 0 Å². The molecule has 0 unspecified atom stereocenters. The smallest absolute Gasteiger partial charge is 0.260 e. The highest BCUT2D eigenvalue weighted by atomic mass is 16.7. The third-order valence-electron chi connectivity index (χ3n) is 9.77. The van der Waals surface area contributed by atoms with Crippen LogP contribution in [0.3, 0.4) is 0 Å². The summed E-state index contributed by atoms with van der Waals surface area (Å²) in [4.78, 5) is 26.3. The number of ether oxygens (including phenoxy) is 2. The van der Waals surface area contributed by atoms with Crippen LogP contribution in [0.15, 0.2) is 109 Å². The number of methoxy groups -OCH3 is 2. The van der Waals surface area contributed by atoms with Crippen LogP contribution in [0.1, 0.15) is 107 Å². The minimum absolute atomic E-state index is 0.0933. The molecule has 4 aromatic rings. The Balaban J connectivity index is 0.000000199. The largest absolute Gasteiger partial charge is 0.385 e. The summed E-state index contributed by atoms with van der Waals surface area (Å²) in [6, 6.07) is 33.2. The van der Waals surface area contributed by atoms with E-state index in [0.29, 0.717) is 47.9 Å². The van der Waals surface area contributed by atoms with Crippen molar-refractivity contribution in [2.45, 2.75) is 81.2 Å². The van der Waals surface area contributed by atoms with Gasteiger partial charge in [0, 0.05) is 36.5 Å². The predicted octanol–water partition coefficient (Wildman–Crippen LogP) is 8.24. The molecule has 2 N–H and O–H groups in total. The molecule has 0 amide bonds. The number of carbonyl (C=O) groups is 2. The molecule has 0 radical (unpaired) electrons. The van der Waals surface area contributed by atoms with E-state index in [2.05, 4.69) is 0 Å². The molecule has 6 heteroatoms. The van der Waals surface area contributed by atoms with Gasteiger partial charge in [0.15, 0.2) is 5.78 Å². The molecular formula is C41H46O6. The van der Waals surface area contributed by atoms with Gasteiger partial charge in [-0.1, -0.05) is 148 Å². The Bertz CT molecular complexity index is 1540. The Morgan fingerprint density at radius 3 is 1.36 bits per heavy atom. The molecule has 0 atom stereocenters. The predicted molar refractivity (Wildman–Crippen MR) is 183 cm³/mol. The molecule has 47 heavy (non-hydrogen) atoms. The quantitative estimate of drug-likeness (QED) is 0.142. The number of aliphatic hydroxyl groups is 2. The molecule has 2 aliphatic carbocycles. The van der Waals surface area contributed by atoms with Crippen LogP contribution in [0.2, 0.25) is 0 Å². The summed E-state index contributed by atoms with van der Waals surface area (Å²) in [5.41, 5.74) is 1.99. The standard InChI is InChI=1S/C25H30O3.C16H16O3/c26-23(19-11-3-5-13-21(19)24(27)15-7-1-8-16-24)20-12-4-6-14-22(20)25(28)17-9-2-10-18-25;1-18-16(19-2,14-11-7-4-8-12-14)15(17)13-9-5-3-6-10-13/h3-6,11-14,27-28H,1-2,7-10,15-18H2;3-12H,1-2H3. The van der Waals surface area contributed by atoms with Crippen molar-refractivity contribution in [3.05, 3.63) is 143 Å². The van der Waals surface area contributed by atoms with Crippen LogP contribution in [0.25, 0.3) is 0 Å². The summed E-state index contributed by atoms with van der Waals surface area (Å²) < 4.78 is 10.8. The molecule has 4 aromatic carbocycles. The Kier molecular flexibility index (Phi) is 11.2. The van der Waals surface area contributed by atoms with E-state index in [0.717, 1.165) is 49.7 Å². The van der Waals surface area contributed by atoms with Crippen LogP contribution >= 0.6 is 0 Å². The number of ketones is 2. The highest BCUT2D eigenvalue weighted by molar-refractivity contribution is 6.11. The van der Waals surface area contributed by atoms with Crippen molar-refractivity contribution >= 4 is 11.6 Å². The van der Waals surface area contributed by atoms with E-state index < -0.39 is 17.0 Å². The van der Waals surface area contributed by atoms with Crippen LogP contribution in [-0.4, -0.2) is 36.0 Å². The molecule has 6 rings (SSSR count). The number of rotatable bonds is 9. The van der Waals surface area contributed by atoms with Gasteiger partial charge in [0.05, 0.1) is 11.2 Å². The Morgan fingerprint density at radius 2 is 0.936 bits per heavy atom. The van der Waals surface area contributed by atoms with Crippen LogP contribution in [0, 0.1) is 0 Å². The third kappa shape index (κ3) is 7.31. The van der Waals surface area contributed by atoms with Gasteiger partial charge < -0.3 is 19.7 Å². The fourth-order valence-electron chi connectivity index (χ4n) is 7.20. The lowest BCUT2D eigenvalue weighted by Gasteiger charge is -2.35. The molecule has 0 bridgehead atoms. The van der Waals surface area contributed by atoms with Crippen molar-refractivity contribution in [1.29, 1.82) is 0 Å². The highest BCUT2D eigenvalue weighted by Crippen LogP contribution is 2.42.